The summed E-state index contributed by atoms with van der Waals surface area (Å²) in [5.41, 5.74) is 1.39. The maximum Gasteiger partial charge on any atom is 0.324 e. The molecule has 1 heterocycles. The Labute approximate surface area is 190 Å². The van der Waals surface area contributed by atoms with Crippen molar-refractivity contribution in [3.8, 4) is 0 Å². The summed E-state index contributed by atoms with van der Waals surface area (Å²) in [6.07, 6.45) is 0.238. The van der Waals surface area contributed by atoms with E-state index in [0.29, 0.717) is 13.1 Å². The standard InChI is InChI=1S/C25H33N3O4/c1-25(2,3)32-23(30)22(14-15-29)28-18-26(16-20-10-6-4-7-11-20)24(31)27(19-28)17-21-12-8-5-9-13-21/h4-13,22,29H,14-19H2,1-3H3/t22-/m0/s1. The quantitative estimate of drug-likeness (QED) is 0.638. The van der Waals surface area contributed by atoms with Crippen molar-refractivity contribution in [1.82, 2.24) is 14.7 Å². The summed E-state index contributed by atoms with van der Waals surface area (Å²) in [6.45, 7) is 6.75. The lowest BCUT2D eigenvalue weighted by molar-refractivity contribution is -0.165. The third-order valence-corrected chi connectivity index (χ3v) is 5.20. The lowest BCUT2D eigenvalue weighted by Crippen LogP contribution is -2.61. The second kappa shape index (κ2) is 10.6. The van der Waals surface area contributed by atoms with Gasteiger partial charge in [-0.15, -0.1) is 0 Å². The van der Waals surface area contributed by atoms with Crippen LogP contribution in [-0.4, -0.2) is 63.4 Å². The molecule has 3 rings (SSSR count). The normalized spacial score (nSPS) is 16.2. The summed E-state index contributed by atoms with van der Waals surface area (Å²) >= 11 is 0. The van der Waals surface area contributed by atoms with Crippen LogP contribution in [0.25, 0.3) is 0 Å². The number of carbonyl (C=O) groups is 2. The van der Waals surface area contributed by atoms with E-state index in [9.17, 15) is 14.7 Å². The number of ether oxygens (including phenoxy) is 1. The van der Waals surface area contributed by atoms with E-state index in [2.05, 4.69) is 0 Å². The molecule has 0 aromatic heterocycles. The number of hydrogen-bond donors (Lipinski definition) is 1. The Balaban J connectivity index is 1.85. The zero-order valence-electron chi connectivity index (χ0n) is 19.1. The van der Waals surface area contributed by atoms with E-state index in [0.717, 1.165) is 11.1 Å². The molecule has 32 heavy (non-hydrogen) atoms. The van der Waals surface area contributed by atoms with Crippen LogP contribution in [0.1, 0.15) is 38.3 Å². The maximum atomic E-state index is 13.3. The first-order chi connectivity index (χ1) is 15.3. The smallest absolute Gasteiger partial charge is 0.324 e. The number of aliphatic hydroxyl groups is 1. The second-order valence-corrected chi connectivity index (χ2v) is 9.08. The molecule has 0 spiro atoms. The lowest BCUT2D eigenvalue weighted by atomic mass is 10.1. The highest BCUT2D eigenvalue weighted by atomic mass is 16.6. The molecule has 2 aromatic carbocycles. The van der Waals surface area contributed by atoms with Gasteiger partial charge in [0.1, 0.15) is 11.6 Å². The molecule has 2 aromatic rings. The fourth-order valence-corrected chi connectivity index (χ4v) is 3.79. The molecule has 2 amide bonds. The van der Waals surface area contributed by atoms with Gasteiger partial charge < -0.3 is 19.6 Å². The van der Waals surface area contributed by atoms with Gasteiger partial charge in [-0.1, -0.05) is 60.7 Å². The Hall–Kier alpha value is -2.90. The van der Waals surface area contributed by atoms with Crippen LogP contribution in [0.4, 0.5) is 4.79 Å². The van der Waals surface area contributed by atoms with E-state index >= 15 is 0 Å². The van der Waals surface area contributed by atoms with E-state index in [4.69, 9.17) is 4.74 Å². The van der Waals surface area contributed by atoms with E-state index in [1.807, 2.05) is 86.3 Å². The van der Waals surface area contributed by atoms with Gasteiger partial charge in [0.15, 0.2) is 0 Å². The summed E-state index contributed by atoms with van der Waals surface area (Å²) in [5.74, 6) is -0.389. The fraction of sp³-hybridized carbons (Fsp3) is 0.440. The minimum Gasteiger partial charge on any atom is -0.459 e. The van der Waals surface area contributed by atoms with E-state index < -0.39 is 11.6 Å². The molecule has 1 atom stereocenters. The molecule has 1 aliphatic rings. The van der Waals surface area contributed by atoms with Crippen LogP contribution in [0.3, 0.4) is 0 Å². The number of carbonyl (C=O) groups excluding carboxylic acids is 2. The molecule has 7 heteroatoms. The molecule has 0 radical (unpaired) electrons. The third-order valence-electron chi connectivity index (χ3n) is 5.20. The highest BCUT2D eigenvalue weighted by Gasteiger charge is 2.38. The molecule has 0 aliphatic carbocycles. The summed E-state index contributed by atoms with van der Waals surface area (Å²) in [5, 5.41) is 9.64. The molecule has 1 saturated heterocycles. The SMILES string of the molecule is CC(C)(C)OC(=O)[C@H](CCO)N1CN(Cc2ccccc2)C(=O)N(Cc2ccccc2)C1. The second-order valence-electron chi connectivity index (χ2n) is 9.08. The Bertz CT molecular complexity index is 830. The largest absolute Gasteiger partial charge is 0.459 e. The lowest BCUT2D eigenvalue weighted by Gasteiger charge is -2.45. The molecule has 1 aliphatic heterocycles. The number of rotatable bonds is 8. The predicted molar refractivity (Wildman–Crippen MR) is 122 cm³/mol. The van der Waals surface area contributed by atoms with Crippen molar-refractivity contribution in [1.29, 1.82) is 0 Å². The molecule has 1 fully saturated rings. The van der Waals surface area contributed by atoms with Crippen molar-refractivity contribution < 1.29 is 19.4 Å². The average Bonchev–Trinajstić information content (AvgIpc) is 2.75. The first kappa shape index (κ1) is 23.8. The Kier molecular flexibility index (Phi) is 7.88. The van der Waals surface area contributed by atoms with Crippen LogP contribution in [0.15, 0.2) is 60.7 Å². The number of nitrogens with zero attached hydrogens (tertiary/aromatic N) is 3. The van der Waals surface area contributed by atoms with Gasteiger partial charge in [0.2, 0.25) is 0 Å². The van der Waals surface area contributed by atoms with Crippen LogP contribution < -0.4 is 0 Å². The number of hydrogen-bond acceptors (Lipinski definition) is 5. The number of aliphatic hydroxyl groups excluding tert-OH is 1. The highest BCUT2D eigenvalue weighted by Crippen LogP contribution is 2.22. The number of urea groups is 1. The first-order valence-electron chi connectivity index (χ1n) is 11.0. The van der Waals surface area contributed by atoms with Crippen molar-refractivity contribution in [3.63, 3.8) is 0 Å². The summed E-state index contributed by atoms with van der Waals surface area (Å²) in [6, 6.07) is 18.8. The van der Waals surface area contributed by atoms with Gasteiger partial charge in [-0.2, -0.15) is 0 Å². The summed E-state index contributed by atoms with van der Waals surface area (Å²) < 4.78 is 5.63. The average molecular weight is 440 g/mol. The molecule has 0 bridgehead atoms. The third kappa shape index (κ3) is 6.55. The topological polar surface area (TPSA) is 73.3 Å². The first-order valence-corrected chi connectivity index (χ1v) is 11.0. The summed E-state index contributed by atoms with van der Waals surface area (Å²) in [4.78, 5) is 31.7. The van der Waals surface area contributed by atoms with Gasteiger partial charge >= 0.3 is 12.0 Å². The predicted octanol–water partition coefficient (Wildman–Crippen LogP) is 3.43. The van der Waals surface area contributed by atoms with Gasteiger partial charge in [0.25, 0.3) is 0 Å². The molecule has 7 nitrogen and oxygen atoms in total. The zero-order valence-corrected chi connectivity index (χ0v) is 19.1. The van der Waals surface area contributed by atoms with Crippen LogP contribution >= 0.6 is 0 Å². The van der Waals surface area contributed by atoms with E-state index in [1.54, 1.807) is 9.80 Å². The molecule has 1 N–H and O–H groups in total. The Morgan fingerprint density at radius 3 is 1.81 bits per heavy atom. The number of amides is 2. The van der Waals surface area contributed by atoms with Crippen molar-refractivity contribution in [2.75, 3.05) is 19.9 Å². The minimum atomic E-state index is -0.649. The van der Waals surface area contributed by atoms with Gasteiger partial charge in [-0.3, -0.25) is 9.69 Å². The number of esters is 1. The van der Waals surface area contributed by atoms with Crippen LogP contribution in [0, 0.1) is 0 Å². The molecule has 0 unspecified atom stereocenters. The molecular weight excluding hydrogens is 406 g/mol. The van der Waals surface area contributed by atoms with Gasteiger partial charge in [-0.05, 0) is 38.3 Å². The van der Waals surface area contributed by atoms with Crippen molar-refractivity contribution in [3.05, 3.63) is 71.8 Å². The molecule has 0 saturated carbocycles. The number of benzene rings is 2. The van der Waals surface area contributed by atoms with Gasteiger partial charge in [0.05, 0.1) is 13.3 Å². The van der Waals surface area contributed by atoms with Crippen molar-refractivity contribution in [2.45, 2.75) is 51.9 Å². The molecular formula is C25H33N3O4. The van der Waals surface area contributed by atoms with Crippen LogP contribution in [-0.2, 0) is 22.6 Å². The van der Waals surface area contributed by atoms with Crippen LogP contribution in [0.2, 0.25) is 0 Å². The van der Waals surface area contributed by atoms with E-state index in [-0.39, 0.29) is 38.4 Å². The van der Waals surface area contributed by atoms with Crippen molar-refractivity contribution >= 4 is 12.0 Å². The van der Waals surface area contributed by atoms with E-state index in [1.165, 1.54) is 0 Å². The van der Waals surface area contributed by atoms with Gasteiger partial charge in [0, 0.05) is 19.7 Å². The van der Waals surface area contributed by atoms with Crippen LogP contribution in [0.5, 0.6) is 0 Å². The summed E-state index contributed by atoms with van der Waals surface area (Å²) in [7, 11) is 0. The Morgan fingerprint density at radius 2 is 1.41 bits per heavy atom. The molecule has 172 valence electrons. The Morgan fingerprint density at radius 1 is 0.938 bits per heavy atom. The maximum absolute atomic E-state index is 13.3. The highest BCUT2D eigenvalue weighted by molar-refractivity contribution is 5.78. The monoisotopic (exact) mass is 439 g/mol. The van der Waals surface area contributed by atoms with Gasteiger partial charge in [-0.25, -0.2) is 4.79 Å². The fourth-order valence-electron chi connectivity index (χ4n) is 3.79. The zero-order chi connectivity index (χ0) is 23.1. The minimum absolute atomic E-state index is 0.0825. The van der Waals surface area contributed by atoms with Crippen molar-refractivity contribution in [2.24, 2.45) is 0 Å².